The average Bonchev–Trinajstić information content (AvgIpc) is 3.41. The fraction of sp³-hybridized carbons (Fsp3) is 0.615. The number of unbranched alkanes of at least 4 members (excludes halogenated alkanes) is 13. The third-order valence-electron chi connectivity index (χ3n) is 5.16. The summed E-state index contributed by atoms with van der Waals surface area (Å²) >= 11 is 4.25. The van der Waals surface area contributed by atoms with Crippen LogP contribution in [0.15, 0.2) is 54.6 Å². The molecule has 2 heteroatoms. The Morgan fingerprint density at radius 3 is 1.39 bits per heavy atom. The number of hydrogen-bond donors (Lipinski definition) is 1. The van der Waals surface area contributed by atoms with E-state index < -0.39 is 0 Å². The van der Waals surface area contributed by atoms with Gasteiger partial charge < -0.3 is 0 Å². The van der Waals surface area contributed by atoms with Crippen molar-refractivity contribution in [2.24, 2.45) is 0 Å². The van der Waals surface area contributed by atoms with Crippen LogP contribution in [0, 0.1) is 0 Å². The SMILES string of the molecule is SCCCCCCCCCCCCCCCCc1ccc[cH-]1.[Fe+2].c1cc[cH-]c1. The Labute approximate surface area is 191 Å². The molecular weight excluding hydrogens is 400 g/mol. The van der Waals surface area contributed by atoms with Crippen LogP contribution in [0.3, 0.4) is 0 Å². The van der Waals surface area contributed by atoms with Gasteiger partial charge in [0.2, 0.25) is 0 Å². The van der Waals surface area contributed by atoms with Gasteiger partial charge in [-0.05, 0) is 12.2 Å². The first-order chi connectivity index (χ1) is 13.4. The largest absolute Gasteiger partial charge is 2.00 e. The molecule has 160 valence electrons. The zero-order valence-corrected chi connectivity index (χ0v) is 19.8. The van der Waals surface area contributed by atoms with Crippen molar-refractivity contribution in [3.63, 3.8) is 0 Å². The molecule has 0 fully saturated rings. The zero-order chi connectivity index (χ0) is 19.3. The molecule has 2 rings (SSSR count). The summed E-state index contributed by atoms with van der Waals surface area (Å²) in [5.41, 5.74) is 1.52. The average molecular weight is 443 g/mol. The summed E-state index contributed by atoms with van der Waals surface area (Å²) in [4.78, 5) is 0. The van der Waals surface area contributed by atoms with Gasteiger partial charge in [-0.3, -0.25) is 0 Å². The van der Waals surface area contributed by atoms with Gasteiger partial charge in [0.25, 0.3) is 0 Å². The Morgan fingerprint density at radius 1 is 0.571 bits per heavy atom. The zero-order valence-electron chi connectivity index (χ0n) is 17.8. The molecule has 0 heterocycles. The third-order valence-corrected chi connectivity index (χ3v) is 5.48. The standard InChI is InChI=1S/C21H37S.C5H5.Fe/c22-20-16-12-10-8-6-4-2-1-3-5-7-9-11-13-17-21-18-14-15-19-21;1-2-4-5-3-1;/h14-15,18-19,22H,1-13,16-17,20H2;1-5H;/q2*-1;+2. The topological polar surface area (TPSA) is 0 Å². The van der Waals surface area contributed by atoms with Crippen molar-refractivity contribution < 1.29 is 17.1 Å². The fourth-order valence-electron chi connectivity index (χ4n) is 3.46. The Morgan fingerprint density at radius 2 is 1.04 bits per heavy atom. The fourth-order valence-corrected chi connectivity index (χ4v) is 3.69. The maximum Gasteiger partial charge on any atom is 2.00 e. The van der Waals surface area contributed by atoms with E-state index in [9.17, 15) is 0 Å². The predicted molar refractivity (Wildman–Crippen MR) is 126 cm³/mol. The summed E-state index contributed by atoms with van der Waals surface area (Å²) in [6.07, 6.45) is 21.3. The van der Waals surface area contributed by atoms with Gasteiger partial charge in [0.15, 0.2) is 0 Å². The quantitative estimate of drug-likeness (QED) is 0.114. The summed E-state index contributed by atoms with van der Waals surface area (Å²) < 4.78 is 0. The Bertz CT molecular complexity index is 443. The van der Waals surface area contributed by atoms with E-state index in [-0.39, 0.29) is 17.1 Å². The van der Waals surface area contributed by atoms with Crippen molar-refractivity contribution in [3.8, 4) is 0 Å². The number of hydrogen-bond acceptors (Lipinski definition) is 1. The molecule has 0 aliphatic carbocycles. The maximum atomic E-state index is 4.25. The van der Waals surface area contributed by atoms with Crippen LogP contribution in [0.2, 0.25) is 0 Å². The first-order valence-electron chi connectivity index (χ1n) is 11.4. The molecule has 0 amide bonds. The number of aryl methyl sites for hydroxylation is 1. The van der Waals surface area contributed by atoms with Crippen LogP contribution in [-0.4, -0.2) is 5.75 Å². The van der Waals surface area contributed by atoms with Gasteiger partial charge in [0, 0.05) is 0 Å². The predicted octanol–water partition coefficient (Wildman–Crippen LogP) is 8.74. The Hall–Kier alpha value is -0.431. The number of thiol groups is 1. The molecule has 0 atom stereocenters. The second-order valence-electron chi connectivity index (χ2n) is 7.68. The van der Waals surface area contributed by atoms with E-state index in [0.29, 0.717) is 0 Å². The van der Waals surface area contributed by atoms with E-state index in [0.717, 1.165) is 5.75 Å². The van der Waals surface area contributed by atoms with Crippen molar-refractivity contribution in [2.45, 2.75) is 96.3 Å². The van der Waals surface area contributed by atoms with E-state index in [1.54, 1.807) is 0 Å². The molecule has 0 radical (unpaired) electrons. The number of rotatable bonds is 16. The van der Waals surface area contributed by atoms with E-state index in [1.165, 1.54) is 102 Å². The first-order valence-corrected chi connectivity index (χ1v) is 12.0. The summed E-state index contributed by atoms with van der Waals surface area (Å²) in [7, 11) is 0. The van der Waals surface area contributed by atoms with Crippen molar-refractivity contribution in [2.75, 3.05) is 5.75 Å². The molecule has 28 heavy (non-hydrogen) atoms. The van der Waals surface area contributed by atoms with Crippen molar-refractivity contribution in [1.82, 2.24) is 0 Å². The Kier molecular flexibility index (Phi) is 22.5. The molecule has 2 aromatic rings. The van der Waals surface area contributed by atoms with Crippen LogP contribution in [0.4, 0.5) is 0 Å². The maximum absolute atomic E-state index is 4.25. The van der Waals surface area contributed by atoms with Gasteiger partial charge in [-0.2, -0.15) is 48.5 Å². The minimum Gasteiger partial charge on any atom is -0.214 e. The van der Waals surface area contributed by atoms with Crippen molar-refractivity contribution in [1.29, 1.82) is 0 Å². The molecule has 0 nitrogen and oxygen atoms in total. The molecule has 0 spiro atoms. The minimum absolute atomic E-state index is 0. The molecule has 0 aliphatic rings. The van der Waals surface area contributed by atoms with Crippen molar-refractivity contribution >= 4 is 12.6 Å². The van der Waals surface area contributed by atoms with E-state index in [2.05, 4.69) is 36.9 Å². The molecule has 0 aliphatic heterocycles. The minimum atomic E-state index is 0. The van der Waals surface area contributed by atoms with Crippen LogP contribution < -0.4 is 0 Å². The third kappa shape index (κ3) is 18.9. The molecule has 0 N–H and O–H groups in total. The van der Waals surface area contributed by atoms with Gasteiger partial charge in [-0.25, -0.2) is 24.3 Å². The molecule has 0 saturated heterocycles. The van der Waals surface area contributed by atoms with E-state index in [1.807, 2.05) is 30.3 Å². The van der Waals surface area contributed by atoms with Crippen LogP contribution >= 0.6 is 12.6 Å². The monoisotopic (exact) mass is 442 g/mol. The molecule has 2 aromatic carbocycles. The van der Waals surface area contributed by atoms with Crippen LogP contribution in [0.5, 0.6) is 0 Å². The van der Waals surface area contributed by atoms with Crippen LogP contribution in [0.25, 0.3) is 0 Å². The Balaban J connectivity index is 0.00000105. The van der Waals surface area contributed by atoms with Gasteiger partial charge in [0.05, 0.1) is 0 Å². The smallest absolute Gasteiger partial charge is 0.214 e. The summed E-state index contributed by atoms with van der Waals surface area (Å²) in [5, 5.41) is 0. The van der Waals surface area contributed by atoms with Gasteiger partial charge in [-0.15, -0.1) is 0 Å². The van der Waals surface area contributed by atoms with E-state index >= 15 is 0 Å². The van der Waals surface area contributed by atoms with Crippen molar-refractivity contribution in [3.05, 3.63) is 60.2 Å². The molecule has 0 saturated carbocycles. The van der Waals surface area contributed by atoms with E-state index in [4.69, 9.17) is 0 Å². The van der Waals surface area contributed by atoms with Crippen LogP contribution in [0.1, 0.15) is 95.5 Å². The molecule has 0 unspecified atom stereocenters. The molecule has 0 aromatic heterocycles. The summed E-state index contributed by atoms with van der Waals surface area (Å²) in [6.45, 7) is 0. The molecule has 0 bridgehead atoms. The summed E-state index contributed by atoms with van der Waals surface area (Å²) in [5.74, 6) is 1.06. The first kappa shape index (κ1) is 27.6. The van der Waals surface area contributed by atoms with Gasteiger partial charge >= 0.3 is 17.1 Å². The second-order valence-corrected chi connectivity index (χ2v) is 8.13. The van der Waals surface area contributed by atoms with Gasteiger partial charge in [-0.1, -0.05) is 89.9 Å². The molecular formula is C26H42FeS. The van der Waals surface area contributed by atoms with Gasteiger partial charge in [0.1, 0.15) is 0 Å². The van der Waals surface area contributed by atoms with Crippen LogP contribution in [-0.2, 0) is 23.5 Å². The normalized spacial score (nSPS) is 10.2. The second kappa shape index (κ2) is 22.9. The summed E-state index contributed by atoms with van der Waals surface area (Å²) in [6, 6.07) is 18.8.